The molecule has 0 aromatic heterocycles. The van der Waals surface area contributed by atoms with E-state index in [0.29, 0.717) is 0 Å². The quantitative estimate of drug-likeness (QED) is 0.621. The van der Waals surface area contributed by atoms with Gasteiger partial charge in [-0.1, -0.05) is 11.6 Å². The van der Waals surface area contributed by atoms with E-state index in [4.69, 9.17) is 16.7 Å². The molecule has 20 heavy (non-hydrogen) atoms. The summed E-state index contributed by atoms with van der Waals surface area (Å²) >= 11 is 5.76. The van der Waals surface area contributed by atoms with Gasteiger partial charge in [0.2, 0.25) is 10.0 Å². The molecule has 0 spiro atoms. The Labute approximate surface area is 119 Å². The highest BCUT2D eigenvalue weighted by Gasteiger charge is 2.25. The molecule has 0 radical (unpaired) electrons. The van der Waals surface area contributed by atoms with Gasteiger partial charge in [-0.05, 0) is 19.9 Å². The number of carboxylic acid groups (broad SMARTS) is 1. The maximum absolute atomic E-state index is 11.9. The molecule has 0 fully saturated rings. The Hall–Kier alpha value is -1.71. The van der Waals surface area contributed by atoms with Crippen LogP contribution in [0.5, 0.6) is 0 Å². The monoisotopic (exact) mass is 322 g/mol. The Morgan fingerprint density at radius 2 is 2.05 bits per heavy atom. The second kappa shape index (κ2) is 5.73. The number of aliphatic carboxylic acids is 1. The van der Waals surface area contributed by atoms with Gasteiger partial charge in [0.1, 0.15) is 6.04 Å². The van der Waals surface area contributed by atoms with Crippen LogP contribution >= 0.6 is 11.6 Å². The van der Waals surface area contributed by atoms with Crippen LogP contribution in [-0.2, 0) is 14.8 Å². The predicted octanol–water partition coefficient (Wildman–Crippen LogP) is 1.31. The fourth-order valence-corrected chi connectivity index (χ4v) is 2.86. The van der Waals surface area contributed by atoms with Crippen LogP contribution in [0.4, 0.5) is 5.69 Å². The van der Waals surface area contributed by atoms with Crippen molar-refractivity contribution >= 4 is 33.3 Å². The van der Waals surface area contributed by atoms with E-state index in [0.717, 1.165) is 19.1 Å². The molecule has 0 aliphatic carbocycles. The summed E-state index contributed by atoms with van der Waals surface area (Å²) in [5, 5.41) is 19.4. The van der Waals surface area contributed by atoms with Gasteiger partial charge in [0.05, 0.1) is 14.8 Å². The average molecular weight is 323 g/mol. The van der Waals surface area contributed by atoms with Crippen molar-refractivity contribution in [3.63, 3.8) is 0 Å². The van der Waals surface area contributed by atoms with Gasteiger partial charge < -0.3 is 5.11 Å². The molecule has 1 atom stereocenters. The van der Waals surface area contributed by atoms with Crippen molar-refractivity contribution in [2.45, 2.75) is 24.8 Å². The first kappa shape index (κ1) is 16.3. The Morgan fingerprint density at radius 3 is 2.50 bits per heavy atom. The van der Waals surface area contributed by atoms with E-state index in [-0.39, 0.29) is 10.6 Å². The maximum atomic E-state index is 11.9. The molecule has 8 nitrogen and oxygen atoms in total. The molecule has 0 bridgehead atoms. The SMILES string of the molecule is Cc1c(Cl)cc(S(=O)(=O)NC(C)C(=O)O)cc1[N+](=O)[O-]. The highest BCUT2D eigenvalue weighted by atomic mass is 35.5. The van der Waals surface area contributed by atoms with E-state index < -0.39 is 37.5 Å². The number of rotatable bonds is 5. The van der Waals surface area contributed by atoms with E-state index in [2.05, 4.69) is 0 Å². The van der Waals surface area contributed by atoms with Gasteiger partial charge in [-0.15, -0.1) is 0 Å². The Balaban J connectivity index is 3.33. The third kappa shape index (κ3) is 3.44. The van der Waals surface area contributed by atoms with Gasteiger partial charge in [-0.3, -0.25) is 14.9 Å². The first-order chi connectivity index (χ1) is 9.06. The molecule has 2 N–H and O–H groups in total. The molecule has 0 amide bonds. The number of benzene rings is 1. The topological polar surface area (TPSA) is 127 Å². The third-order valence-corrected chi connectivity index (χ3v) is 4.41. The van der Waals surface area contributed by atoms with E-state index in [9.17, 15) is 23.3 Å². The fraction of sp³-hybridized carbons (Fsp3) is 0.300. The Bertz CT molecular complexity index is 673. The van der Waals surface area contributed by atoms with Gasteiger partial charge in [0.15, 0.2) is 0 Å². The van der Waals surface area contributed by atoms with Crippen LogP contribution in [0.2, 0.25) is 5.02 Å². The summed E-state index contributed by atoms with van der Waals surface area (Å²) in [4.78, 5) is 20.2. The molecular formula is C10H11ClN2O6S. The minimum atomic E-state index is -4.22. The van der Waals surface area contributed by atoms with E-state index >= 15 is 0 Å². The van der Waals surface area contributed by atoms with Crippen molar-refractivity contribution in [3.8, 4) is 0 Å². The number of carbonyl (C=O) groups is 1. The first-order valence-electron chi connectivity index (χ1n) is 5.26. The zero-order chi connectivity index (χ0) is 15.7. The Kier molecular flexibility index (Phi) is 4.69. The van der Waals surface area contributed by atoms with Crippen LogP contribution in [0.15, 0.2) is 17.0 Å². The molecule has 1 aromatic rings. The average Bonchev–Trinajstić information content (AvgIpc) is 2.31. The van der Waals surface area contributed by atoms with Gasteiger partial charge in [-0.25, -0.2) is 8.42 Å². The molecule has 0 saturated heterocycles. The lowest BCUT2D eigenvalue weighted by atomic mass is 10.2. The van der Waals surface area contributed by atoms with E-state index in [1.165, 1.54) is 6.92 Å². The van der Waals surface area contributed by atoms with Crippen LogP contribution < -0.4 is 4.72 Å². The van der Waals surface area contributed by atoms with Crippen molar-refractivity contribution in [1.82, 2.24) is 4.72 Å². The van der Waals surface area contributed by atoms with Crippen molar-refractivity contribution in [2.75, 3.05) is 0 Å². The van der Waals surface area contributed by atoms with Crippen LogP contribution in [0.25, 0.3) is 0 Å². The number of nitrogens with one attached hydrogen (secondary N) is 1. The van der Waals surface area contributed by atoms with Crippen LogP contribution in [0.3, 0.4) is 0 Å². The van der Waals surface area contributed by atoms with Crippen molar-refractivity contribution in [1.29, 1.82) is 0 Å². The summed E-state index contributed by atoms with van der Waals surface area (Å²) in [5.41, 5.74) is -0.331. The molecule has 0 saturated carbocycles. The van der Waals surface area contributed by atoms with E-state index in [1.54, 1.807) is 0 Å². The molecule has 110 valence electrons. The summed E-state index contributed by atoms with van der Waals surface area (Å²) in [6.45, 7) is 2.51. The smallest absolute Gasteiger partial charge is 0.321 e. The number of halogens is 1. The van der Waals surface area contributed by atoms with Gasteiger partial charge in [0.25, 0.3) is 5.69 Å². The Morgan fingerprint density at radius 1 is 1.50 bits per heavy atom. The molecule has 0 aliphatic heterocycles. The van der Waals surface area contributed by atoms with Crippen molar-refractivity contribution < 1.29 is 23.2 Å². The second-order valence-electron chi connectivity index (χ2n) is 3.99. The zero-order valence-electron chi connectivity index (χ0n) is 10.5. The lowest BCUT2D eigenvalue weighted by molar-refractivity contribution is -0.385. The summed E-state index contributed by atoms with van der Waals surface area (Å²) in [6, 6.07) is 0.484. The molecular weight excluding hydrogens is 312 g/mol. The summed E-state index contributed by atoms with van der Waals surface area (Å²) in [5.74, 6) is -1.37. The number of hydrogen-bond donors (Lipinski definition) is 2. The van der Waals surface area contributed by atoms with Crippen LogP contribution in [0, 0.1) is 17.0 Å². The van der Waals surface area contributed by atoms with Crippen molar-refractivity contribution in [3.05, 3.63) is 32.8 Å². The largest absolute Gasteiger partial charge is 0.480 e. The van der Waals surface area contributed by atoms with Gasteiger partial charge >= 0.3 is 5.97 Å². The second-order valence-corrected chi connectivity index (χ2v) is 6.11. The molecule has 1 aromatic carbocycles. The highest BCUT2D eigenvalue weighted by molar-refractivity contribution is 7.89. The number of hydrogen-bond acceptors (Lipinski definition) is 5. The molecule has 0 aliphatic rings. The number of nitro groups is 1. The summed E-state index contributed by atoms with van der Waals surface area (Å²) < 4.78 is 25.7. The summed E-state index contributed by atoms with van der Waals surface area (Å²) in [7, 11) is -4.22. The van der Waals surface area contributed by atoms with Crippen LogP contribution in [0.1, 0.15) is 12.5 Å². The normalized spacial score (nSPS) is 12.9. The standard InChI is InChI=1S/C10H11ClN2O6S/c1-5-8(11)3-7(4-9(5)13(16)17)20(18,19)12-6(2)10(14)15/h3-4,6,12H,1-2H3,(H,14,15). The molecule has 1 unspecified atom stereocenters. The summed E-state index contributed by atoms with van der Waals surface area (Å²) in [6.07, 6.45) is 0. The fourth-order valence-electron chi connectivity index (χ4n) is 1.34. The predicted molar refractivity (Wildman–Crippen MR) is 70.3 cm³/mol. The minimum Gasteiger partial charge on any atom is -0.480 e. The third-order valence-electron chi connectivity index (χ3n) is 2.50. The maximum Gasteiger partial charge on any atom is 0.321 e. The number of carboxylic acids is 1. The van der Waals surface area contributed by atoms with Gasteiger partial charge in [-0.2, -0.15) is 4.72 Å². The molecule has 1 rings (SSSR count). The first-order valence-corrected chi connectivity index (χ1v) is 7.12. The molecule has 0 heterocycles. The van der Waals surface area contributed by atoms with Crippen LogP contribution in [-0.4, -0.2) is 30.5 Å². The van der Waals surface area contributed by atoms with Crippen molar-refractivity contribution in [2.24, 2.45) is 0 Å². The number of sulfonamides is 1. The number of nitro benzene ring substituents is 1. The lowest BCUT2D eigenvalue weighted by Gasteiger charge is -2.11. The van der Waals surface area contributed by atoms with Gasteiger partial charge in [0, 0.05) is 11.6 Å². The number of nitrogens with zero attached hydrogens (tertiary/aromatic N) is 1. The minimum absolute atomic E-state index is 0.0949. The molecule has 10 heteroatoms. The van der Waals surface area contributed by atoms with E-state index in [1.807, 2.05) is 4.72 Å². The zero-order valence-corrected chi connectivity index (χ0v) is 12.0. The highest BCUT2D eigenvalue weighted by Crippen LogP contribution is 2.29. The lowest BCUT2D eigenvalue weighted by Crippen LogP contribution is -2.38.